The lowest BCUT2D eigenvalue weighted by Crippen LogP contribution is -2.30. The molecule has 1 N–H and O–H groups in total. The number of methoxy groups -OCH3 is 1. The summed E-state index contributed by atoms with van der Waals surface area (Å²) in [4.78, 5) is 31.3. The molecule has 0 bridgehead atoms. The number of Topliss-reactive ketones (excluding diaryl/α,β-unsaturated/α-hetero) is 1. The van der Waals surface area contributed by atoms with E-state index in [1.807, 2.05) is 0 Å². The number of rotatable bonds is 4. The second-order valence-corrected chi connectivity index (χ2v) is 3.42. The molecule has 0 saturated heterocycles. The van der Waals surface area contributed by atoms with Gasteiger partial charge in [0.05, 0.1) is 12.3 Å². The molecule has 2 rings (SSSR count). The zero-order valence-corrected chi connectivity index (χ0v) is 9.27. The van der Waals surface area contributed by atoms with Crippen LogP contribution in [-0.4, -0.2) is 41.8 Å². The molecule has 17 heavy (non-hydrogen) atoms. The topological polar surface area (TPSA) is 81.2 Å². The predicted octanol–water partition coefficient (Wildman–Crippen LogP) is -0.0245. The Balaban J connectivity index is 2.23. The second-order valence-electron chi connectivity index (χ2n) is 3.42. The fraction of sp³-hybridized carbons (Fsp3) is 0.273. The number of carbonyl (C=O) groups is 2. The average Bonchev–Trinajstić information content (AvgIpc) is 2.36. The van der Waals surface area contributed by atoms with Gasteiger partial charge in [0.15, 0.2) is 0 Å². The highest BCUT2D eigenvalue weighted by Crippen LogP contribution is 2.15. The number of nitrogens with zero attached hydrogens (tertiary/aromatic N) is 2. The summed E-state index contributed by atoms with van der Waals surface area (Å²) in [5, 5.41) is 2.84. The summed E-state index contributed by atoms with van der Waals surface area (Å²) in [6.45, 7) is 0.906. The zero-order valence-electron chi connectivity index (χ0n) is 9.27. The molecule has 0 radical (unpaired) electrons. The van der Waals surface area contributed by atoms with E-state index in [0.29, 0.717) is 13.2 Å². The number of nitrogens with one attached hydrogen (secondary N) is 1. The average molecular weight is 233 g/mol. The molecule has 0 atom stereocenters. The number of hydrogen-bond donors (Lipinski definition) is 1. The number of carbonyl (C=O) groups excluding carboxylic acids is 2. The second kappa shape index (κ2) is 4.84. The smallest absolute Gasteiger partial charge is 0.229 e. The Kier molecular flexibility index (Phi) is 3.24. The number of hydrogen-bond acceptors (Lipinski definition) is 6. The van der Waals surface area contributed by atoms with E-state index in [1.165, 1.54) is 18.5 Å². The molecule has 1 aliphatic rings. The Labute approximate surface area is 97.7 Å². The van der Waals surface area contributed by atoms with E-state index < -0.39 is 0 Å². The fourth-order valence-electron chi connectivity index (χ4n) is 1.50. The van der Waals surface area contributed by atoms with Crippen LogP contribution in [0.15, 0.2) is 24.2 Å². The number of fused-ring (bicyclic) bond motifs is 1. The van der Waals surface area contributed by atoms with E-state index in [4.69, 9.17) is 4.74 Å². The molecule has 0 aromatic carbocycles. The van der Waals surface area contributed by atoms with Crippen LogP contribution in [0.4, 0.5) is 0 Å². The third kappa shape index (κ3) is 2.21. The van der Waals surface area contributed by atoms with Crippen molar-refractivity contribution in [1.29, 1.82) is 0 Å². The zero-order chi connectivity index (χ0) is 12.3. The third-order valence-electron chi connectivity index (χ3n) is 2.29. The van der Waals surface area contributed by atoms with Crippen LogP contribution in [0, 0.1) is 0 Å². The van der Waals surface area contributed by atoms with Gasteiger partial charge in [0.25, 0.3) is 0 Å². The molecule has 88 valence electrons. The van der Waals surface area contributed by atoms with E-state index in [0.717, 1.165) is 0 Å². The Bertz CT molecular complexity index is 496. The first-order valence-corrected chi connectivity index (χ1v) is 5.08. The van der Waals surface area contributed by atoms with Gasteiger partial charge in [-0.3, -0.25) is 9.59 Å². The minimum atomic E-state index is -0.316. The van der Waals surface area contributed by atoms with Crippen molar-refractivity contribution in [2.75, 3.05) is 20.3 Å². The molecule has 0 fully saturated rings. The number of ether oxygens (including phenoxy) is 1. The Morgan fingerprint density at radius 1 is 1.24 bits per heavy atom. The molecule has 6 nitrogen and oxygen atoms in total. The van der Waals surface area contributed by atoms with Gasteiger partial charge in [-0.25, -0.2) is 9.97 Å². The maximum absolute atomic E-state index is 11.9. The summed E-state index contributed by atoms with van der Waals surface area (Å²) in [7, 11) is 1.56. The molecule has 1 aromatic heterocycles. The summed E-state index contributed by atoms with van der Waals surface area (Å²) in [5.41, 5.74) is 0.440. The highest BCUT2D eigenvalue weighted by molar-refractivity contribution is 6.22. The summed E-state index contributed by atoms with van der Waals surface area (Å²) >= 11 is 0. The van der Waals surface area contributed by atoms with E-state index in [9.17, 15) is 9.59 Å². The molecule has 0 amide bonds. The van der Waals surface area contributed by atoms with Gasteiger partial charge >= 0.3 is 0 Å². The van der Waals surface area contributed by atoms with E-state index in [2.05, 4.69) is 15.3 Å². The normalized spacial score (nSPS) is 14.3. The lowest BCUT2D eigenvalue weighted by Gasteiger charge is -2.14. The largest absolute Gasteiger partial charge is 0.383 e. The Morgan fingerprint density at radius 3 is 2.65 bits per heavy atom. The van der Waals surface area contributed by atoms with Crippen molar-refractivity contribution in [3.8, 4) is 0 Å². The molecule has 0 aliphatic heterocycles. The van der Waals surface area contributed by atoms with Crippen LogP contribution in [0.5, 0.6) is 0 Å². The molecule has 1 heterocycles. The van der Waals surface area contributed by atoms with Gasteiger partial charge < -0.3 is 10.1 Å². The SMILES string of the molecule is COCCNC1=CC(=O)c2nccnc2C1=O. The monoisotopic (exact) mass is 233 g/mol. The summed E-state index contributed by atoms with van der Waals surface area (Å²) in [5.74, 6) is -0.628. The molecule has 0 saturated carbocycles. The van der Waals surface area contributed by atoms with Crippen molar-refractivity contribution in [3.63, 3.8) is 0 Å². The number of allylic oxidation sites excluding steroid dienone is 2. The lowest BCUT2D eigenvalue weighted by molar-refractivity contribution is 0.0969. The van der Waals surface area contributed by atoms with Crippen LogP contribution >= 0.6 is 0 Å². The van der Waals surface area contributed by atoms with Crippen molar-refractivity contribution >= 4 is 11.6 Å². The number of ketones is 2. The molecule has 1 aromatic rings. The highest BCUT2D eigenvalue weighted by atomic mass is 16.5. The van der Waals surface area contributed by atoms with Crippen LogP contribution in [0.1, 0.15) is 21.0 Å². The van der Waals surface area contributed by atoms with Crippen molar-refractivity contribution in [2.24, 2.45) is 0 Å². The Hall–Kier alpha value is -2.08. The van der Waals surface area contributed by atoms with Crippen molar-refractivity contribution in [1.82, 2.24) is 15.3 Å². The number of aromatic nitrogens is 2. The predicted molar refractivity (Wildman–Crippen MR) is 58.7 cm³/mol. The van der Waals surface area contributed by atoms with Crippen LogP contribution in [0.25, 0.3) is 0 Å². The maximum atomic E-state index is 11.9. The first kappa shape index (κ1) is 11.4. The van der Waals surface area contributed by atoms with Crippen LogP contribution < -0.4 is 5.32 Å². The molecule has 0 unspecified atom stereocenters. The van der Waals surface area contributed by atoms with Crippen LogP contribution in [0.3, 0.4) is 0 Å². The minimum absolute atomic E-state index is 0.0971. The molecule has 0 spiro atoms. The minimum Gasteiger partial charge on any atom is -0.383 e. The van der Waals surface area contributed by atoms with Gasteiger partial charge in [0.2, 0.25) is 11.6 Å². The van der Waals surface area contributed by atoms with Gasteiger partial charge in [-0.05, 0) is 0 Å². The first-order chi connectivity index (χ1) is 8.24. The fourth-order valence-corrected chi connectivity index (χ4v) is 1.50. The van der Waals surface area contributed by atoms with E-state index in [-0.39, 0.29) is 28.7 Å². The van der Waals surface area contributed by atoms with Gasteiger partial charge in [-0.2, -0.15) is 0 Å². The van der Waals surface area contributed by atoms with Gasteiger partial charge in [-0.15, -0.1) is 0 Å². The summed E-state index contributed by atoms with van der Waals surface area (Å²) in [6.07, 6.45) is 4.03. The van der Waals surface area contributed by atoms with Crippen molar-refractivity contribution in [2.45, 2.75) is 0 Å². The van der Waals surface area contributed by atoms with Crippen molar-refractivity contribution < 1.29 is 14.3 Å². The highest BCUT2D eigenvalue weighted by Gasteiger charge is 2.27. The van der Waals surface area contributed by atoms with Crippen molar-refractivity contribution in [3.05, 3.63) is 35.6 Å². The quantitative estimate of drug-likeness (QED) is 0.736. The maximum Gasteiger partial charge on any atom is 0.229 e. The first-order valence-electron chi connectivity index (χ1n) is 5.08. The van der Waals surface area contributed by atoms with Crippen LogP contribution in [0.2, 0.25) is 0 Å². The van der Waals surface area contributed by atoms with Gasteiger partial charge in [0, 0.05) is 32.1 Å². The third-order valence-corrected chi connectivity index (χ3v) is 2.29. The standard InChI is InChI=1S/C11H11N3O3/c1-17-5-4-12-7-6-8(15)9-10(11(7)16)14-3-2-13-9/h2-3,6,12H,4-5H2,1H3. The van der Waals surface area contributed by atoms with Gasteiger partial charge in [0.1, 0.15) is 11.4 Å². The van der Waals surface area contributed by atoms with E-state index in [1.54, 1.807) is 7.11 Å². The molecular weight excluding hydrogens is 222 g/mol. The molecular formula is C11H11N3O3. The molecule has 6 heteroatoms. The lowest BCUT2D eigenvalue weighted by atomic mass is 10.0. The van der Waals surface area contributed by atoms with Crippen LogP contribution in [-0.2, 0) is 4.74 Å². The molecule has 1 aliphatic carbocycles. The Morgan fingerprint density at radius 2 is 1.94 bits per heavy atom. The summed E-state index contributed by atoms with van der Waals surface area (Å²) in [6, 6.07) is 0. The van der Waals surface area contributed by atoms with Gasteiger partial charge in [-0.1, -0.05) is 0 Å². The van der Waals surface area contributed by atoms with E-state index >= 15 is 0 Å². The summed E-state index contributed by atoms with van der Waals surface area (Å²) < 4.78 is 4.85.